The van der Waals surface area contributed by atoms with Crippen molar-refractivity contribution < 1.29 is 12.8 Å². The molecule has 3 heterocycles. The number of hydrogen-bond donors (Lipinski definition) is 1. The summed E-state index contributed by atoms with van der Waals surface area (Å²) in [5.41, 5.74) is 2.56. The lowest BCUT2D eigenvalue weighted by Crippen LogP contribution is -2.14. The summed E-state index contributed by atoms with van der Waals surface area (Å²) < 4.78 is 44.2. The van der Waals surface area contributed by atoms with Gasteiger partial charge in [0.05, 0.1) is 11.9 Å². The van der Waals surface area contributed by atoms with E-state index < -0.39 is 15.8 Å². The van der Waals surface area contributed by atoms with E-state index in [0.29, 0.717) is 12.1 Å². The summed E-state index contributed by atoms with van der Waals surface area (Å²) in [5, 5.41) is 7.11. The standard InChI is InChI=1S/C21H20FN5O2S/c1-23-9-15-7-21(19-5-3-4-6-20(19)22)27(13-15)30(28,29)18-8-16(10-24-12-18)17-11-25-26(2)14-17/h3-8,10-14,23H,9H2,1-2H3. The first-order valence-corrected chi connectivity index (χ1v) is 10.6. The van der Waals surface area contributed by atoms with Crippen LogP contribution in [0.4, 0.5) is 4.39 Å². The molecule has 0 unspecified atom stereocenters. The van der Waals surface area contributed by atoms with Gasteiger partial charge in [0.15, 0.2) is 0 Å². The van der Waals surface area contributed by atoms with Gasteiger partial charge in [-0.2, -0.15) is 5.10 Å². The van der Waals surface area contributed by atoms with Crippen molar-refractivity contribution in [1.82, 2.24) is 24.1 Å². The van der Waals surface area contributed by atoms with Gasteiger partial charge in [0, 0.05) is 55.1 Å². The zero-order valence-electron chi connectivity index (χ0n) is 16.4. The second kappa shape index (κ2) is 7.85. The monoisotopic (exact) mass is 425 g/mol. The minimum Gasteiger partial charge on any atom is -0.316 e. The van der Waals surface area contributed by atoms with Gasteiger partial charge in [0.25, 0.3) is 10.0 Å². The molecule has 0 radical (unpaired) electrons. The van der Waals surface area contributed by atoms with E-state index in [0.717, 1.165) is 15.1 Å². The van der Waals surface area contributed by atoms with Crippen molar-refractivity contribution in [2.45, 2.75) is 11.4 Å². The molecular weight excluding hydrogens is 405 g/mol. The second-order valence-electron chi connectivity index (χ2n) is 6.86. The van der Waals surface area contributed by atoms with E-state index in [9.17, 15) is 12.8 Å². The van der Waals surface area contributed by atoms with Crippen LogP contribution in [0.3, 0.4) is 0 Å². The fourth-order valence-electron chi connectivity index (χ4n) is 3.26. The average Bonchev–Trinajstić information content (AvgIpc) is 3.36. The fourth-order valence-corrected chi connectivity index (χ4v) is 4.64. The number of aryl methyl sites for hydroxylation is 1. The van der Waals surface area contributed by atoms with E-state index in [-0.39, 0.29) is 16.2 Å². The largest absolute Gasteiger partial charge is 0.316 e. The highest BCUT2D eigenvalue weighted by Gasteiger charge is 2.24. The summed E-state index contributed by atoms with van der Waals surface area (Å²) in [6, 6.07) is 9.32. The number of halogens is 1. The molecule has 0 saturated carbocycles. The highest BCUT2D eigenvalue weighted by atomic mass is 32.2. The molecular formula is C21H20FN5O2S. The number of nitrogens with zero attached hydrogens (tertiary/aromatic N) is 4. The predicted octanol–water partition coefficient (Wildman–Crippen LogP) is 3.05. The number of hydrogen-bond acceptors (Lipinski definition) is 5. The third-order valence-corrected chi connectivity index (χ3v) is 6.32. The quantitative estimate of drug-likeness (QED) is 0.514. The number of pyridine rings is 1. The van der Waals surface area contributed by atoms with Crippen molar-refractivity contribution in [3.05, 3.63) is 78.8 Å². The zero-order valence-corrected chi connectivity index (χ0v) is 17.3. The Morgan fingerprint density at radius 1 is 1.07 bits per heavy atom. The minimum absolute atomic E-state index is 0.00745. The van der Waals surface area contributed by atoms with Gasteiger partial charge in [-0.05, 0) is 36.9 Å². The van der Waals surface area contributed by atoms with Crippen molar-refractivity contribution in [2.75, 3.05) is 7.05 Å². The zero-order chi connectivity index (χ0) is 21.3. The molecule has 1 aromatic carbocycles. The van der Waals surface area contributed by atoms with E-state index >= 15 is 0 Å². The molecule has 9 heteroatoms. The lowest BCUT2D eigenvalue weighted by Gasteiger charge is -2.11. The lowest BCUT2D eigenvalue weighted by atomic mass is 10.1. The molecule has 0 saturated heterocycles. The molecule has 4 rings (SSSR count). The van der Waals surface area contributed by atoms with Crippen LogP contribution >= 0.6 is 0 Å². The SMILES string of the molecule is CNCc1cc(-c2ccccc2F)n(S(=O)(=O)c2cncc(-c3cnn(C)c3)c2)c1. The van der Waals surface area contributed by atoms with E-state index in [1.807, 2.05) is 0 Å². The van der Waals surface area contributed by atoms with Crippen molar-refractivity contribution in [2.24, 2.45) is 7.05 Å². The second-order valence-corrected chi connectivity index (χ2v) is 8.67. The molecule has 0 bridgehead atoms. The first-order chi connectivity index (χ1) is 14.4. The van der Waals surface area contributed by atoms with E-state index in [1.54, 1.807) is 67.7 Å². The summed E-state index contributed by atoms with van der Waals surface area (Å²) >= 11 is 0. The molecule has 4 aromatic rings. The Hall–Kier alpha value is -3.30. The molecule has 0 aliphatic rings. The average molecular weight is 425 g/mol. The number of benzene rings is 1. The van der Waals surface area contributed by atoms with Gasteiger partial charge >= 0.3 is 0 Å². The highest BCUT2D eigenvalue weighted by molar-refractivity contribution is 7.90. The van der Waals surface area contributed by atoms with Crippen LogP contribution in [-0.2, 0) is 23.6 Å². The molecule has 0 fully saturated rings. The van der Waals surface area contributed by atoms with Gasteiger partial charge in [-0.25, -0.2) is 16.8 Å². The maximum absolute atomic E-state index is 14.5. The van der Waals surface area contributed by atoms with Gasteiger partial charge in [-0.15, -0.1) is 0 Å². The number of nitrogens with one attached hydrogen (secondary N) is 1. The molecule has 0 amide bonds. The van der Waals surface area contributed by atoms with Crippen LogP contribution < -0.4 is 5.32 Å². The Labute approximate surface area is 173 Å². The lowest BCUT2D eigenvalue weighted by molar-refractivity contribution is 0.587. The van der Waals surface area contributed by atoms with Gasteiger partial charge < -0.3 is 5.32 Å². The van der Waals surface area contributed by atoms with Crippen LogP contribution in [0, 0.1) is 5.82 Å². The van der Waals surface area contributed by atoms with Crippen molar-refractivity contribution in [1.29, 1.82) is 0 Å². The maximum atomic E-state index is 14.5. The van der Waals surface area contributed by atoms with Crippen LogP contribution in [0.2, 0.25) is 0 Å². The van der Waals surface area contributed by atoms with Crippen LogP contribution in [0.25, 0.3) is 22.4 Å². The third kappa shape index (κ3) is 3.64. The smallest absolute Gasteiger partial charge is 0.269 e. The van der Waals surface area contributed by atoms with Gasteiger partial charge in [-0.3, -0.25) is 9.67 Å². The Bertz CT molecular complexity index is 1310. The molecule has 3 aromatic heterocycles. The van der Waals surface area contributed by atoms with E-state index in [4.69, 9.17) is 0 Å². The number of rotatable bonds is 6. The molecule has 0 spiro atoms. The van der Waals surface area contributed by atoms with Crippen molar-refractivity contribution in [3.63, 3.8) is 0 Å². The van der Waals surface area contributed by atoms with Gasteiger partial charge in [0.1, 0.15) is 10.7 Å². The summed E-state index contributed by atoms with van der Waals surface area (Å²) in [7, 11) is -0.484. The fraction of sp³-hybridized carbons (Fsp3) is 0.143. The first-order valence-electron chi connectivity index (χ1n) is 9.20. The maximum Gasteiger partial charge on any atom is 0.269 e. The molecule has 0 aliphatic heterocycles. The predicted molar refractivity (Wildman–Crippen MR) is 112 cm³/mol. The van der Waals surface area contributed by atoms with Crippen molar-refractivity contribution >= 4 is 10.0 Å². The van der Waals surface area contributed by atoms with Crippen LogP contribution in [-0.4, -0.2) is 34.2 Å². The normalized spacial score (nSPS) is 11.7. The Morgan fingerprint density at radius 2 is 1.87 bits per heavy atom. The van der Waals surface area contributed by atoms with Gasteiger partial charge in [0.2, 0.25) is 0 Å². The van der Waals surface area contributed by atoms with Crippen LogP contribution in [0.15, 0.2) is 72.3 Å². The third-order valence-electron chi connectivity index (χ3n) is 4.68. The van der Waals surface area contributed by atoms with Crippen LogP contribution in [0.1, 0.15) is 5.56 Å². The molecule has 0 atom stereocenters. The summed E-state index contributed by atoms with van der Waals surface area (Å²) in [4.78, 5) is 4.12. The minimum atomic E-state index is -4.02. The van der Waals surface area contributed by atoms with Crippen molar-refractivity contribution in [3.8, 4) is 22.4 Å². The summed E-state index contributed by atoms with van der Waals surface area (Å²) in [6.07, 6.45) is 7.79. The number of aromatic nitrogens is 4. The molecule has 30 heavy (non-hydrogen) atoms. The Morgan fingerprint density at radius 3 is 2.57 bits per heavy atom. The van der Waals surface area contributed by atoms with E-state index in [2.05, 4.69) is 15.4 Å². The summed E-state index contributed by atoms with van der Waals surface area (Å²) in [6.45, 7) is 0.442. The highest BCUT2D eigenvalue weighted by Crippen LogP contribution is 2.30. The van der Waals surface area contributed by atoms with Crippen LogP contribution in [0.5, 0.6) is 0 Å². The molecule has 1 N–H and O–H groups in total. The molecule has 0 aliphatic carbocycles. The topological polar surface area (TPSA) is 81.8 Å². The molecule has 7 nitrogen and oxygen atoms in total. The Balaban J connectivity index is 1.86. The van der Waals surface area contributed by atoms with Gasteiger partial charge in [-0.1, -0.05) is 12.1 Å². The molecule has 154 valence electrons. The first kappa shape index (κ1) is 20.0. The Kier molecular flexibility index (Phi) is 5.23. The van der Waals surface area contributed by atoms with E-state index in [1.165, 1.54) is 18.5 Å². The summed E-state index contributed by atoms with van der Waals surface area (Å²) in [5.74, 6) is -0.495.